The van der Waals surface area contributed by atoms with Gasteiger partial charge in [0.1, 0.15) is 18.7 Å². The minimum absolute atomic E-state index is 0.406. The van der Waals surface area contributed by atoms with E-state index in [-0.39, 0.29) is 0 Å². The molecule has 0 bridgehead atoms. The van der Waals surface area contributed by atoms with E-state index in [0.29, 0.717) is 17.2 Å². The van der Waals surface area contributed by atoms with E-state index in [0.717, 1.165) is 16.9 Å². The average molecular weight is 340 g/mol. The van der Waals surface area contributed by atoms with E-state index in [1.807, 2.05) is 24.3 Å². The maximum absolute atomic E-state index is 9.30. The summed E-state index contributed by atoms with van der Waals surface area (Å²) in [4.78, 5) is 16.6. The predicted molar refractivity (Wildman–Crippen MR) is 94.6 cm³/mol. The van der Waals surface area contributed by atoms with Crippen LogP contribution >= 0.6 is 0 Å². The highest BCUT2D eigenvalue weighted by Crippen LogP contribution is 2.23. The zero-order valence-electron chi connectivity index (χ0n) is 13.5. The number of rotatable bonds is 4. The van der Waals surface area contributed by atoms with Gasteiger partial charge in [0.05, 0.1) is 23.1 Å². The fourth-order valence-corrected chi connectivity index (χ4v) is 2.42. The first-order valence-electron chi connectivity index (χ1n) is 7.73. The standard InChI is InChI=1S/C18H12N8/c19-9-14-10-22-18(25-17(14)13-5-7-20-8-6-13)24-15-1-3-16(4-2-15)26-12-21-11-23-26/h1-8,10-12H,(H,22,24,25). The van der Waals surface area contributed by atoms with Crippen molar-refractivity contribution in [1.29, 1.82) is 5.26 Å². The van der Waals surface area contributed by atoms with Crippen molar-refractivity contribution in [1.82, 2.24) is 29.7 Å². The van der Waals surface area contributed by atoms with Gasteiger partial charge in [0.2, 0.25) is 5.95 Å². The lowest BCUT2D eigenvalue weighted by Crippen LogP contribution is -2.01. The summed E-state index contributed by atoms with van der Waals surface area (Å²) in [7, 11) is 0. The molecule has 0 unspecified atom stereocenters. The first-order valence-corrected chi connectivity index (χ1v) is 7.73. The van der Waals surface area contributed by atoms with Crippen LogP contribution in [-0.4, -0.2) is 29.7 Å². The van der Waals surface area contributed by atoms with Crippen molar-refractivity contribution in [2.24, 2.45) is 0 Å². The van der Waals surface area contributed by atoms with Crippen LogP contribution in [0.1, 0.15) is 5.56 Å². The molecule has 4 aromatic rings. The van der Waals surface area contributed by atoms with Crippen LogP contribution in [0.2, 0.25) is 0 Å². The molecule has 0 aliphatic heterocycles. The summed E-state index contributed by atoms with van der Waals surface area (Å²) in [6.45, 7) is 0. The Hall–Kier alpha value is -4.12. The highest BCUT2D eigenvalue weighted by atomic mass is 15.3. The molecule has 0 fully saturated rings. The monoisotopic (exact) mass is 340 g/mol. The third-order valence-corrected chi connectivity index (χ3v) is 3.67. The van der Waals surface area contributed by atoms with Gasteiger partial charge in [-0.3, -0.25) is 4.98 Å². The number of nitrogens with one attached hydrogen (secondary N) is 1. The molecule has 26 heavy (non-hydrogen) atoms. The van der Waals surface area contributed by atoms with Crippen molar-refractivity contribution < 1.29 is 0 Å². The Labute approximate surface area is 148 Å². The Morgan fingerprint density at radius 3 is 2.50 bits per heavy atom. The topological polar surface area (TPSA) is 105 Å². The zero-order valence-corrected chi connectivity index (χ0v) is 13.5. The van der Waals surface area contributed by atoms with Gasteiger partial charge >= 0.3 is 0 Å². The molecule has 0 aliphatic rings. The molecule has 0 radical (unpaired) electrons. The minimum Gasteiger partial charge on any atom is -0.324 e. The number of anilines is 2. The highest BCUT2D eigenvalue weighted by Gasteiger charge is 2.09. The van der Waals surface area contributed by atoms with Crippen molar-refractivity contribution in [3.63, 3.8) is 0 Å². The fraction of sp³-hybridized carbons (Fsp3) is 0. The SMILES string of the molecule is N#Cc1cnc(Nc2ccc(-n3cncn3)cc2)nc1-c1ccncc1. The van der Waals surface area contributed by atoms with E-state index in [1.165, 1.54) is 12.5 Å². The molecule has 1 aromatic carbocycles. The summed E-state index contributed by atoms with van der Waals surface area (Å²) in [6, 6.07) is 13.3. The van der Waals surface area contributed by atoms with E-state index < -0.39 is 0 Å². The Balaban J connectivity index is 1.62. The number of pyridine rings is 1. The van der Waals surface area contributed by atoms with Crippen LogP contribution < -0.4 is 5.32 Å². The van der Waals surface area contributed by atoms with Gasteiger partial charge in [-0.2, -0.15) is 10.4 Å². The average Bonchev–Trinajstić information content (AvgIpc) is 3.24. The van der Waals surface area contributed by atoms with Gasteiger partial charge in [0.25, 0.3) is 0 Å². The van der Waals surface area contributed by atoms with E-state index in [4.69, 9.17) is 0 Å². The van der Waals surface area contributed by atoms with Crippen molar-refractivity contribution >= 4 is 11.6 Å². The van der Waals surface area contributed by atoms with Gasteiger partial charge in [0, 0.05) is 23.6 Å². The van der Waals surface area contributed by atoms with Gasteiger partial charge in [0.15, 0.2) is 0 Å². The predicted octanol–water partition coefficient (Wildman–Crippen LogP) is 2.73. The maximum atomic E-state index is 9.30. The number of aromatic nitrogens is 6. The molecule has 0 atom stereocenters. The molecule has 3 heterocycles. The maximum Gasteiger partial charge on any atom is 0.227 e. The van der Waals surface area contributed by atoms with Crippen molar-refractivity contribution in [3.8, 4) is 23.0 Å². The summed E-state index contributed by atoms with van der Waals surface area (Å²) in [6.07, 6.45) is 7.95. The summed E-state index contributed by atoms with van der Waals surface area (Å²) in [5.74, 6) is 0.407. The third kappa shape index (κ3) is 3.09. The van der Waals surface area contributed by atoms with Gasteiger partial charge in [-0.25, -0.2) is 19.6 Å². The molecule has 124 valence electrons. The van der Waals surface area contributed by atoms with Gasteiger partial charge < -0.3 is 5.32 Å². The van der Waals surface area contributed by atoms with Crippen molar-refractivity contribution in [2.75, 3.05) is 5.32 Å². The molecule has 4 rings (SSSR count). The number of hydrogen-bond acceptors (Lipinski definition) is 7. The Morgan fingerprint density at radius 1 is 1.00 bits per heavy atom. The molecule has 1 N–H and O–H groups in total. The van der Waals surface area contributed by atoms with E-state index in [9.17, 15) is 5.26 Å². The van der Waals surface area contributed by atoms with Crippen molar-refractivity contribution in [3.05, 3.63) is 73.2 Å². The molecule has 8 nitrogen and oxygen atoms in total. The van der Waals surface area contributed by atoms with E-state index in [2.05, 4.69) is 36.4 Å². The van der Waals surface area contributed by atoms with Crippen LogP contribution in [0.4, 0.5) is 11.6 Å². The second-order valence-electron chi connectivity index (χ2n) is 5.32. The third-order valence-electron chi connectivity index (χ3n) is 3.67. The normalized spacial score (nSPS) is 10.3. The van der Waals surface area contributed by atoms with Crippen molar-refractivity contribution in [2.45, 2.75) is 0 Å². The van der Waals surface area contributed by atoms with Crippen LogP contribution in [0.3, 0.4) is 0 Å². The minimum atomic E-state index is 0.406. The molecule has 0 spiro atoms. The largest absolute Gasteiger partial charge is 0.324 e. The molecular formula is C18H12N8. The lowest BCUT2D eigenvalue weighted by atomic mass is 10.1. The van der Waals surface area contributed by atoms with Crippen LogP contribution in [0.5, 0.6) is 0 Å². The Morgan fingerprint density at radius 2 is 1.81 bits per heavy atom. The van der Waals surface area contributed by atoms with Crippen LogP contribution in [0.25, 0.3) is 16.9 Å². The first-order chi connectivity index (χ1) is 12.8. The fourth-order valence-electron chi connectivity index (χ4n) is 2.42. The molecule has 8 heteroatoms. The van der Waals surface area contributed by atoms with Gasteiger partial charge in [-0.05, 0) is 36.4 Å². The smallest absolute Gasteiger partial charge is 0.227 e. The quantitative estimate of drug-likeness (QED) is 0.609. The first kappa shape index (κ1) is 15.4. The second kappa shape index (κ2) is 6.78. The Bertz CT molecular complexity index is 1050. The van der Waals surface area contributed by atoms with Crippen LogP contribution in [-0.2, 0) is 0 Å². The highest BCUT2D eigenvalue weighted by molar-refractivity contribution is 5.67. The van der Waals surface area contributed by atoms with Gasteiger partial charge in [-0.1, -0.05) is 0 Å². The molecule has 0 saturated carbocycles. The molecule has 0 amide bonds. The summed E-state index contributed by atoms with van der Waals surface area (Å²) in [5, 5.41) is 16.5. The number of hydrogen-bond donors (Lipinski definition) is 1. The van der Waals surface area contributed by atoms with E-state index >= 15 is 0 Å². The molecular weight excluding hydrogens is 328 g/mol. The molecule has 0 aliphatic carbocycles. The molecule has 0 saturated heterocycles. The number of benzene rings is 1. The second-order valence-corrected chi connectivity index (χ2v) is 5.32. The van der Waals surface area contributed by atoms with E-state index in [1.54, 1.807) is 35.5 Å². The Kier molecular flexibility index (Phi) is 4.02. The zero-order chi connectivity index (χ0) is 17.8. The summed E-state index contributed by atoms with van der Waals surface area (Å²) >= 11 is 0. The lowest BCUT2D eigenvalue weighted by Gasteiger charge is -2.09. The number of nitriles is 1. The number of nitrogens with zero attached hydrogens (tertiary/aromatic N) is 7. The van der Waals surface area contributed by atoms with Crippen LogP contribution in [0.15, 0.2) is 67.6 Å². The summed E-state index contributed by atoms with van der Waals surface area (Å²) in [5.41, 5.74) is 3.49. The summed E-state index contributed by atoms with van der Waals surface area (Å²) < 4.78 is 1.67. The molecule has 3 aromatic heterocycles. The lowest BCUT2D eigenvalue weighted by molar-refractivity contribution is 0.879. The van der Waals surface area contributed by atoms with Crippen LogP contribution in [0, 0.1) is 11.3 Å². The van der Waals surface area contributed by atoms with Gasteiger partial charge in [-0.15, -0.1) is 0 Å².